The van der Waals surface area contributed by atoms with Gasteiger partial charge in [-0.15, -0.1) is 0 Å². The fourth-order valence-electron chi connectivity index (χ4n) is 1.41. The molecule has 87 valence electrons. The van der Waals surface area contributed by atoms with E-state index in [4.69, 9.17) is 10.2 Å². The molecule has 1 rings (SSSR count). The van der Waals surface area contributed by atoms with Gasteiger partial charge < -0.3 is 15.5 Å². The summed E-state index contributed by atoms with van der Waals surface area (Å²) >= 11 is 0. The lowest BCUT2D eigenvalue weighted by atomic mass is 9.99. The summed E-state index contributed by atoms with van der Waals surface area (Å²) in [6, 6.07) is -0.923. The molecule has 0 saturated carbocycles. The summed E-state index contributed by atoms with van der Waals surface area (Å²) in [6.45, 7) is 1.28. The van der Waals surface area contributed by atoms with Crippen molar-refractivity contribution in [3.63, 3.8) is 0 Å². The Labute approximate surface area is 93.5 Å². The number of aliphatic hydroxyl groups excluding tert-OH is 1. The first-order valence-electron chi connectivity index (χ1n) is 4.91. The van der Waals surface area contributed by atoms with Gasteiger partial charge in [-0.2, -0.15) is 0 Å². The van der Waals surface area contributed by atoms with E-state index in [1.54, 1.807) is 12.2 Å². The van der Waals surface area contributed by atoms with Gasteiger partial charge in [0.15, 0.2) is 0 Å². The summed E-state index contributed by atoms with van der Waals surface area (Å²) < 4.78 is 0. The molecule has 1 amide bonds. The van der Waals surface area contributed by atoms with Crippen LogP contribution < -0.4 is 5.32 Å². The van der Waals surface area contributed by atoms with Gasteiger partial charge in [0.1, 0.15) is 12.1 Å². The highest BCUT2D eigenvalue weighted by molar-refractivity contribution is 5.82. The third-order valence-corrected chi connectivity index (χ3v) is 2.18. The molecule has 5 nitrogen and oxygen atoms in total. The molecule has 3 N–H and O–H groups in total. The number of rotatable bonds is 4. The van der Waals surface area contributed by atoms with Crippen LogP contribution in [0.5, 0.6) is 0 Å². The van der Waals surface area contributed by atoms with Gasteiger partial charge in [0, 0.05) is 19.8 Å². The van der Waals surface area contributed by atoms with Gasteiger partial charge in [0.05, 0.1) is 0 Å². The fourth-order valence-corrected chi connectivity index (χ4v) is 1.41. The quantitative estimate of drug-likeness (QED) is 0.657. The average Bonchev–Trinajstić information content (AvgIpc) is 2.19. The number of aliphatic carboxylic acids is 1. The lowest BCUT2D eigenvalue weighted by Gasteiger charge is -2.16. The van der Waals surface area contributed by atoms with Crippen molar-refractivity contribution in [1.29, 1.82) is 0 Å². The first-order valence-corrected chi connectivity index (χ1v) is 4.91. The molecule has 0 unspecified atom stereocenters. The number of carboxylic acids is 1. The number of carbonyl (C=O) groups is 2. The maximum atomic E-state index is 10.9. The zero-order valence-corrected chi connectivity index (χ0v) is 8.93. The lowest BCUT2D eigenvalue weighted by molar-refractivity contribution is -0.141. The molecule has 0 bridgehead atoms. The van der Waals surface area contributed by atoms with E-state index in [2.05, 4.69) is 5.32 Å². The minimum absolute atomic E-state index is 0.221. The van der Waals surface area contributed by atoms with Crippen LogP contribution in [0.25, 0.3) is 0 Å². The van der Waals surface area contributed by atoms with E-state index in [9.17, 15) is 9.59 Å². The third kappa shape index (κ3) is 3.86. The van der Waals surface area contributed by atoms with E-state index in [0.717, 1.165) is 5.57 Å². The molecule has 1 atom stereocenters. The van der Waals surface area contributed by atoms with Gasteiger partial charge in [0.2, 0.25) is 5.91 Å². The Morgan fingerprint density at radius 2 is 2.19 bits per heavy atom. The van der Waals surface area contributed by atoms with Crippen molar-refractivity contribution in [2.24, 2.45) is 0 Å². The van der Waals surface area contributed by atoms with Crippen molar-refractivity contribution < 1.29 is 19.8 Å². The highest BCUT2D eigenvalue weighted by Gasteiger charge is 2.20. The Balaban J connectivity index is 2.59. The highest BCUT2D eigenvalue weighted by Crippen LogP contribution is 2.19. The Morgan fingerprint density at radius 1 is 1.50 bits per heavy atom. The third-order valence-electron chi connectivity index (χ3n) is 2.18. The second-order valence-electron chi connectivity index (χ2n) is 3.60. The molecule has 0 aliphatic heterocycles. The fraction of sp³-hybridized carbons (Fsp3) is 0.364. The number of aliphatic hydroxyl groups is 1. The summed E-state index contributed by atoms with van der Waals surface area (Å²) in [4.78, 5) is 21.6. The second kappa shape index (κ2) is 5.46. The van der Waals surface area contributed by atoms with E-state index in [-0.39, 0.29) is 18.4 Å². The maximum Gasteiger partial charge on any atom is 0.326 e. The summed E-state index contributed by atoms with van der Waals surface area (Å²) in [7, 11) is 0. The zero-order chi connectivity index (χ0) is 12.1. The first-order chi connectivity index (χ1) is 7.49. The number of nitrogens with one attached hydrogen (secondary N) is 1. The van der Waals surface area contributed by atoms with Crippen LogP contribution in [0.4, 0.5) is 0 Å². The van der Waals surface area contributed by atoms with Gasteiger partial charge >= 0.3 is 5.97 Å². The van der Waals surface area contributed by atoms with Crippen LogP contribution in [0.2, 0.25) is 0 Å². The van der Waals surface area contributed by atoms with Gasteiger partial charge in [-0.1, -0.05) is 12.2 Å². The van der Waals surface area contributed by atoms with Gasteiger partial charge in [0.25, 0.3) is 0 Å². The van der Waals surface area contributed by atoms with E-state index >= 15 is 0 Å². The van der Waals surface area contributed by atoms with Crippen LogP contribution >= 0.6 is 0 Å². The van der Waals surface area contributed by atoms with E-state index in [0.29, 0.717) is 6.42 Å². The molecule has 0 aromatic rings. The van der Waals surface area contributed by atoms with Crippen LogP contribution in [0.3, 0.4) is 0 Å². The van der Waals surface area contributed by atoms with E-state index in [1.165, 1.54) is 13.0 Å². The smallest absolute Gasteiger partial charge is 0.326 e. The van der Waals surface area contributed by atoms with Gasteiger partial charge in [-0.05, 0) is 11.6 Å². The Morgan fingerprint density at radius 3 is 2.62 bits per heavy atom. The number of hydrogen-bond donors (Lipinski definition) is 3. The SMILES string of the molecule is CC(=O)N[C@@H](CC1=CC[C](O)C=C1)C(=O)O. The Kier molecular flexibility index (Phi) is 4.25. The number of allylic oxidation sites excluding steroid dienone is 1. The van der Waals surface area contributed by atoms with Crippen molar-refractivity contribution in [3.8, 4) is 0 Å². The number of carbonyl (C=O) groups excluding carboxylic acids is 1. The van der Waals surface area contributed by atoms with Crippen molar-refractivity contribution >= 4 is 11.9 Å². The first kappa shape index (κ1) is 12.4. The van der Waals surface area contributed by atoms with Crippen molar-refractivity contribution in [2.75, 3.05) is 0 Å². The van der Waals surface area contributed by atoms with Crippen molar-refractivity contribution in [3.05, 3.63) is 29.9 Å². The summed E-state index contributed by atoms with van der Waals surface area (Å²) in [5.41, 5.74) is 0.791. The van der Waals surface area contributed by atoms with Crippen molar-refractivity contribution in [2.45, 2.75) is 25.8 Å². The number of carboxylic acid groups (broad SMARTS) is 1. The van der Waals surface area contributed by atoms with E-state index in [1.807, 2.05) is 0 Å². The molecule has 16 heavy (non-hydrogen) atoms. The molecule has 1 aliphatic carbocycles. The minimum atomic E-state index is -1.07. The van der Waals surface area contributed by atoms with Crippen LogP contribution in [0.15, 0.2) is 23.8 Å². The molecule has 0 spiro atoms. The van der Waals surface area contributed by atoms with Crippen LogP contribution in [-0.4, -0.2) is 28.1 Å². The molecule has 1 radical (unpaired) electrons. The van der Waals surface area contributed by atoms with Gasteiger partial charge in [-0.3, -0.25) is 4.79 Å². The molecule has 0 aromatic carbocycles. The predicted octanol–water partition coefficient (Wildman–Crippen LogP) is 0.757. The standard InChI is InChI=1S/C11H14NO4/c1-7(13)12-10(11(15)16)6-8-2-4-9(14)5-3-8/h2-4,10,14H,5-6H2,1H3,(H,12,13)(H,15,16)/t10-/m0/s1. The molecule has 0 fully saturated rings. The topological polar surface area (TPSA) is 86.6 Å². The molecular formula is C11H14NO4. The highest BCUT2D eigenvalue weighted by atomic mass is 16.4. The summed E-state index contributed by atoms with van der Waals surface area (Å²) in [5.74, 6) is -1.44. The monoisotopic (exact) mass is 224 g/mol. The largest absolute Gasteiger partial charge is 0.480 e. The maximum absolute atomic E-state index is 10.9. The Hall–Kier alpha value is -1.62. The molecular weight excluding hydrogens is 210 g/mol. The molecule has 0 heterocycles. The Bertz CT molecular complexity index is 346. The number of amides is 1. The molecule has 5 heteroatoms. The van der Waals surface area contributed by atoms with Crippen LogP contribution in [0.1, 0.15) is 19.8 Å². The summed E-state index contributed by atoms with van der Waals surface area (Å²) in [5, 5.41) is 20.4. The van der Waals surface area contributed by atoms with E-state index < -0.39 is 12.0 Å². The lowest BCUT2D eigenvalue weighted by Crippen LogP contribution is -2.39. The van der Waals surface area contributed by atoms with Gasteiger partial charge in [-0.25, -0.2) is 4.79 Å². The molecule has 1 aliphatic rings. The van der Waals surface area contributed by atoms with Crippen LogP contribution in [0, 0.1) is 6.10 Å². The zero-order valence-electron chi connectivity index (χ0n) is 8.93. The second-order valence-corrected chi connectivity index (χ2v) is 3.60. The molecule has 0 aromatic heterocycles. The van der Waals surface area contributed by atoms with Crippen molar-refractivity contribution in [1.82, 2.24) is 5.32 Å². The van der Waals surface area contributed by atoms with Crippen LogP contribution in [-0.2, 0) is 9.59 Å². The summed E-state index contributed by atoms with van der Waals surface area (Å²) in [6.07, 6.45) is 5.79. The molecule has 0 saturated heterocycles. The minimum Gasteiger partial charge on any atom is -0.480 e. The normalized spacial score (nSPS) is 17.8. The number of hydrogen-bond acceptors (Lipinski definition) is 3. The average molecular weight is 224 g/mol. The predicted molar refractivity (Wildman–Crippen MR) is 56.9 cm³/mol.